The normalized spacial score (nSPS) is 16.3. The molecule has 5 nitrogen and oxygen atoms in total. The van der Waals surface area contributed by atoms with E-state index >= 15 is 0 Å². The number of nitrogens with zero attached hydrogens (tertiary/aromatic N) is 2. The second-order valence-electron chi connectivity index (χ2n) is 2.71. The molecule has 5 heteroatoms. The Hall–Kier alpha value is -1.78. The third kappa shape index (κ3) is 1.26. The van der Waals surface area contributed by atoms with Gasteiger partial charge < -0.3 is 14.3 Å². The Balaban J connectivity index is 2.46. The van der Waals surface area contributed by atoms with Crippen LogP contribution in [0.3, 0.4) is 0 Å². The van der Waals surface area contributed by atoms with E-state index in [1.54, 1.807) is 13.3 Å². The van der Waals surface area contributed by atoms with Crippen molar-refractivity contribution in [3.63, 3.8) is 0 Å². The summed E-state index contributed by atoms with van der Waals surface area (Å²) >= 11 is 0. The van der Waals surface area contributed by atoms with Crippen LogP contribution in [0.25, 0.3) is 0 Å². The summed E-state index contributed by atoms with van der Waals surface area (Å²) in [4.78, 5) is 8.72. The van der Waals surface area contributed by atoms with Gasteiger partial charge in [0.1, 0.15) is 19.4 Å². The van der Waals surface area contributed by atoms with Crippen molar-refractivity contribution in [2.45, 2.75) is 0 Å². The number of hydrogen-bond acceptors (Lipinski definition) is 5. The molecule has 0 fully saturated rings. The van der Waals surface area contributed by atoms with Crippen LogP contribution in [-0.4, -0.2) is 31.5 Å². The topological polar surface area (TPSA) is 52.9 Å². The van der Waals surface area contributed by atoms with E-state index < -0.39 is 0 Å². The van der Waals surface area contributed by atoms with E-state index in [2.05, 4.69) is 10.1 Å². The van der Waals surface area contributed by atoms with Crippen molar-refractivity contribution in [1.82, 2.24) is 4.98 Å². The lowest BCUT2D eigenvalue weighted by Crippen LogP contribution is -2.02. The quantitative estimate of drug-likeness (QED) is 0.654. The second-order valence-corrected chi connectivity index (χ2v) is 2.71. The van der Waals surface area contributed by atoms with Crippen molar-refractivity contribution >= 4 is 5.71 Å². The number of aromatic nitrogens is 1. The molecule has 0 radical (unpaired) electrons. The minimum Gasteiger partial charge on any atom is -0.481 e. The Labute approximate surface area is 81.3 Å². The summed E-state index contributed by atoms with van der Waals surface area (Å²) in [6.45, 7) is 0.394. The summed E-state index contributed by atoms with van der Waals surface area (Å²) in [5.41, 5.74) is 1.63. The SMILES string of the molecule is CON=C1COc2c1ccnc2OC. The molecule has 0 spiro atoms. The fraction of sp³-hybridized carbons (Fsp3) is 0.333. The molecular formula is C9H10N2O3. The third-order valence-corrected chi connectivity index (χ3v) is 1.93. The lowest BCUT2D eigenvalue weighted by Gasteiger charge is -2.02. The number of oxime groups is 1. The molecule has 0 N–H and O–H groups in total. The number of methoxy groups -OCH3 is 1. The molecule has 1 aliphatic rings. The molecule has 0 unspecified atom stereocenters. The number of rotatable bonds is 2. The standard InChI is InChI=1S/C9H10N2O3/c1-12-9-8-6(3-4-10-9)7(5-14-8)11-13-2/h3-4H,5H2,1-2H3. The van der Waals surface area contributed by atoms with Crippen molar-refractivity contribution in [1.29, 1.82) is 0 Å². The maximum atomic E-state index is 5.39. The van der Waals surface area contributed by atoms with Crippen LogP contribution in [0.1, 0.15) is 5.56 Å². The molecule has 0 aliphatic carbocycles. The Morgan fingerprint density at radius 1 is 1.50 bits per heavy atom. The van der Waals surface area contributed by atoms with E-state index in [0.29, 0.717) is 18.2 Å². The predicted octanol–water partition coefficient (Wildman–Crippen LogP) is 0.833. The molecule has 0 aromatic carbocycles. The molecule has 14 heavy (non-hydrogen) atoms. The fourth-order valence-corrected chi connectivity index (χ4v) is 1.35. The van der Waals surface area contributed by atoms with Crippen LogP contribution in [0.4, 0.5) is 0 Å². The van der Waals surface area contributed by atoms with Gasteiger partial charge in [0, 0.05) is 6.20 Å². The summed E-state index contributed by atoms with van der Waals surface area (Å²) in [7, 11) is 3.06. The first-order chi connectivity index (χ1) is 6.86. The van der Waals surface area contributed by atoms with Gasteiger partial charge in [0.2, 0.25) is 0 Å². The Morgan fingerprint density at radius 2 is 2.36 bits per heavy atom. The molecule has 74 valence electrons. The molecule has 0 amide bonds. The van der Waals surface area contributed by atoms with Gasteiger partial charge in [-0.1, -0.05) is 5.16 Å². The van der Waals surface area contributed by atoms with E-state index in [1.165, 1.54) is 7.11 Å². The van der Waals surface area contributed by atoms with Crippen LogP contribution in [0.2, 0.25) is 0 Å². The first-order valence-electron chi connectivity index (χ1n) is 4.13. The van der Waals surface area contributed by atoms with Crippen molar-refractivity contribution in [3.05, 3.63) is 17.8 Å². The highest BCUT2D eigenvalue weighted by Crippen LogP contribution is 2.33. The van der Waals surface area contributed by atoms with Crippen molar-refractivity contribution in [2.24, 2.45) is 5.16 Å². The van der Waals surface area contributed by atoms with Gasteiger partial charge in [-0.15, -0.1) is 0 Å². The lowest BCUT2D eigenvalue weighted by atomic mass is 10.2. The Kier molecular flexibility index (Phi) is 2.22. The number of ether oxygens (including phenoxy) is 2. The third-order valence-electron chi connectivity index (χ3n) is 1.93. The Bertz CT molecular complexity index is 376. The zero-order valence-electron chi connectivity index (χ0n) is 7.98. The number of pyridine rings is 1. The molecule has 0 saturated carbocycles. The first kappa shape index (κ1) is 8.80. The zero-order valence-corrected chi connectivity index (χ0v) is 7.98. The predicted molar refractivity (Wildman–Crippen MR) is 49.8 cm³/mol. The van der Waals surface area contributed by atoms with Crippen LogP contribution >= 0.6 is 0 Å². The summed E-state index contributed by atoms with van der Waals surface area (Å²) in [5, 5.41) is 3.85. The van der Waals surface area contributed by atoms with Gasteiger partial charge in [0.15, 0.2) is 5.75 Å². The van der Waals surface area contributed by atoms with E-state index in [-0.39, 0.29) is 0 Å². The van der Waals surface area contributed by atoms with Crippen LogP contribution in [0.15, 0.2) is 17.4 Å². The summed E-state index contributed by atoms with van der Waals surface area (Å²) < 4.78 is 10.4. The van der Waals surface area contributed by atoms with Gasteiger partial charge >= 0.3 is 0 Å². The monoisotopic (exact) mass is 194 g/mol. The van der Waals surface area contributed by atoms with Crippen molar-refractivity contribution in [2.75, 3.05) is 20.8 Å². The summed E-state index contributed by atoms with van der Waals surface area (Å²) in [5.74, 6) is 1.11. The molecule has 2 rings (SSSR count). The average molecular weight is 194 g/mol. The Morgan fingerprint density at radius 3 is 3.07 bits per heavy atom. The highest BCUT2D eigenvalue weighted by Gasteiger charge is 2.24. The summed E-state index contributed by atoms with van der Waals surface area (Å²) in [6.07, 6.45) is 1.65. The van der Waals surface area contributed by atoms with Crippen LogP contribution in [-0.2, 0) is 4.84 Å². The van der Waals surface area contributed by atoms with E-state index in [4.69, 9.17) is 14.3 Å². The molecule has 1 aromatic heterocycles. The van der Waals surface area contributed by atoms with E-state index in [1.807, 2.05) is 6.07 Å². The van der Waals surface area contributed by atoms with Gasteiger partial charge in [0.05, 0.1) is 12.7 Å². The van der Waals surface area contributed by atoms with Crippen LogP contribution in [0, 0.1) is 0 Å². The number of fused-ring (bicyclic) bond motifs is 1. The van der Waals surface area contributed by atoms with Crippen molar-refractivity contribution < 1.29 is 14.3 Å². The maximum absolute atomic E-state index is 5.39. The molecule has 0 saturated heterocycles. The first-order valence-corrected chi connectivity index (χ1v) is 4.13. The fourth-order valence-electron chi connectivity index (χ4n) is 1.35. The average Bonchev–Trinajstić information content (AvgIpc) is 2.62. The van der Waals surface area contributed by atoms with Gasteiger partial charge in [0.25, 0.3) is 5.88 Å². The molecule has 0 atom stereocenters. The van der Waals surface area contributed by atoms with Gasteiger partial charge in [-0.05, 0) is 6.07 Å². The van der Waals surface area contributed by atoms with Crippen LogP contribution < -0.4 is 9.47 Å². The lowest BCUT2D eigenvalue weighted by molar-refractivity contribution is 0.211. The van der Waals surface area contributed by atoms with Crippen LogP contribution in [0.5, 0.6) is 11.6 Å². The molecular weight excluding hydrogens is 184 g/mol. The largest absolute Gasteiger partial charge is 0.481 e. The van der Waals surface area contributed by atoms with Crippen molar-refractivity contribution in [3.8, 4) is 11.6 Å². The highest BCUT2D eigenvalue weighted by molar-refractivity contribution is 6.06. The van der Waals surface area contributed by atoms with Gasteiger partial charge in [-0.2, -0.15) is 0 Å². The second kappa shape index (κ2) is 3.53. The van der Waals surface area contributed by atoms with E-state index in [9.17, 15) is 0 Å². The molecule has 2 heterocycles. The highest BCUT2D eigenvalue weighted by atomic mass is 16.6. The number of hydrogen-bond donors (Lipinski definition) is 0. The van der Waals surface area contributed by atoms with Gasteiger partial charge in [-0.3, -0.25) is 0 Å². The zero-order chi connectivity index (χ0) is 9.97. The van der Waals surface area contributed by atoms with Gasteiger partial charge in [-0.25, -0.2) is 4.98 Å². The summed E-state index contributed by atoms with van der Waals surface area (Å²) in [6, 6.07) is 1.82. The molecule has 1 aliphatic heterocycles. The smallest absolute Gasteiger partial charge is 0.257 e. The molecule has 0 bridgehead atoms. The van der Waals surface area contributed by atoms with E-state index in [0.717, 1.165) is 11.3 Å². The molecule has 1 aromatic rings. The minimum absolute atomic E-state index is 0.394. The minimum atomic E-state index is 0.394. The maximum Gasteiger partial charge on any atom is 0.257 e.